The van der Waals surface area contributed by atoms with Gasteiger partial charge in [-0.05, 0) is 25.3 Å². The van der Waals surface area contributed by atoms with Crippen LogP contribution < -0.4 is 5.32 Å². The molecule has 3 rings (SSSR count). The number of fused-ring (bicyclic) bond motifs is 1. The summed E-state index contributed by atoms with van der Waals surface area (Å²) in [6.45, 7) is 5.39. The minimum Gasteiger partial charge on any atom is -0.374 e. The summed E-state index contributed by atoms with van der Waals surface area (Å²) < 4.78 is 7.72. The van der Waals surface area contributed by atoms with Crippen LogP contribution in [0.3, 0.4) is 0 Å². The van der Waals surface area contributed by atoms with Gasteiger partial charge in [-0.1, -0.05) is 12.8 Å². The number of nitrogens with zero attached hydrogens (tertiary/aromatic N) is 3. The van der Waals surface area contributed by atoms with Gasteiger partial charge in [0, 0.05) is 19.3 Å². The number of carbonyl (C=O) groups is 1. The number of amides is 1. The summed E-state index contributed by atoms with van der Waals surface area (Å²) in [6, 6.07) is 0.297. The molecule has 1 N–H and O–H groups in total. The van der Waals surface area contributed by atoms with Gasteiger partial charge in [0.15, 0.2) is 0 Å². The van der Waals surface area contributed by atoms with Crippen LogP contribution in [0.2, 0.25) is 0 Å². The highest BCUT2D eigenvalue weighted by Crippen LogP contribution is 2.28. The van der Waals surface area contributed by atoms with Crippen LogP contribution in [0.1, 0.15) is 31.2 Å². The third-order valence-electron chi connectivity index (χ3n) is 4.61. The lowest BCUT2D eigenvalue weighted by Crippen LogP contribution is -2.56. The zero-order valence-corrected chi connectivity index (χ0v) is 13.3. The Kier molecular flexibility index (Phi) is 5.10. The monoisotopic (exact) mass is 306 g/mol. The number of hydrogen-bond donors (Lipinski definition) is 1. The molecule has 2 heterocycles. The van der Waals surface area contributed by atoms with Crippen molar-refractivity contribution in [2.24, 2.45) is 0 Å². The van der Waals surface area contributed by atoms with Crippen molar-refractivity contribution in [3.05, 3.63) is 18.0 Å². The molecule has 2 aliphatic rings. The van der Waals surface area contributed by atoms with Crippen LogP contribution >= 0.6 is 0 Å². The summed E-state index contributed by atoms with van der Waals surface area (Å²) in [5, 5.41) is 7.48. The third kappa shape index (κ3) is 3.67. The average molecular weight is 306 g/mol. The molecule has 1 saturated heterocycles. The van der Waals surface area contributed by atoms with E-state index in [0.717, 1.165) is 38.0 Å². The molecule has 1 aliphatic carbocycles. The standard InChI is InChI=1S/C16H26N4O2/c1-13-10-18-19(12-13)7-6-17-11-16(21)20-8-9-22-15-5-3-2-4-14(15)20/h10,12,14-15,17H,2-9,11H2,1H3/t14-,15+/m0/s1. The van der Waals surface area contributed by atoms with Crippen molar-refractivity contribution >= 4 is 5.91 Å². The number of carbonyl (C=O) groups excluding carboxylic acids is 1. The number of hydrogen-bond acceptors (Lipinski definition) is 4. The van der Waals surface area contributed by atoms with E-state index in [1.807, 2.05) is 28.9 Å². The molecular weight excluding hydrogens is 280 g/mol. The van der Waals surface area contributed by atoms with Gasteiger partial charge in [-0.3, -0.25) is 9.48 Å². The summed E-state index contributed by atoms with van der Waals surface area (Å²) in [7, 11) is 0. The van der Waals surface area contributed by atoms with Crippen LogP contribution in [0.25, 0.3) is 0 Å². The Morgan fingerprint density at radius 1 is 1.45 bits per heavy atom. The molecule has 2 fully saturated rings. The minimum absolute atomic E-state index is 0.205. The molecule has 1 aromatic heterocycles. The first-order chi connectivity index (χ1) is 10.7. The maximum atomic E-state index is 12.5. The maximum Gasteiger partial charge on any atom is 0.236 e. The molecule has 1 amide bonds. The highest BCUT2D eigenvalue weighted by atomic mass is 16.5. The van der Waals surface area contributed by atoms with Gasteiger partial charge in [0.1, 0.15) is 0 Å². The van der Waals surface area contributed by atoms with Crippen molar-refractivity contribution in [2.75, 3.05) is 26.2 Å². The summed E-state index contributed by atoms with van der Waals surface area (Å²) in [6.07, 6.45) is 8.74. The lowest BCUT2D eigenvalue weighted by molar-refractivity contribution is -0.148. The van der Waals surface area contributed by atoms with Crippen molar-refractivity contribution in [3.63, 3.8) is 0 Å². The van der Waals surface area contributed by atoms with E-state index in [2.05, 4.69) is 10.4 Å². The van der Waals surface area contributed by atoms with Gasteiger partial charge >= 0.3 is 0 Å². The van der Waals surface area contributed by atoms with Gasteiger partial charge in [-0.2, -0.15) is 5.10 Å². The lowest BCUT2D eigenvalue weighted by Gasteiger charge is -2.43. The summed E-state index contributed by atoms with van der Waals surface area (Å²) in [5.74, 6) is 0.205. The summed E-state index contributed by atoms with van der Waals surface area (Å²) >= 11 is 0. The topological polar surface area (TPSA) is 59.4 Å². The van der Waals surface area contributed by atoms with Crippen LogP contribution in [-0.4, -0.2) is 59.0 Å². The SMILES string of the molecule is Cc1cnn(CCNCC(=O)N2CCO[C@@H]3CCCC[C@@H]32)c1. The van der Waals surface area contributed by atoms with Gasteiger partial charge in [0.05, 0.1) is 38.0 Å². The van der Waals surface area contributed by atoms with Crippen LogP contribution in [0.4, 0.5) is 0 Å². The number of aryl methyl sites for hydroxylation is 1. The van der Waals surface area contributed by atoms with E-state index in [-0.39, 0.29) is 12.0 Å². The number of aromatic nitrogens is 2. The second-order valence-electron chi connectivity index (χ2n) is 6.31. The molecule has 0 aromatic carbocycles. The van der Waals surface area contributed by atoms with Gasteiger partial charge in [0.2, 0.25) is 5.91 Å². The van der Waals surface area contributed by atoms with Crippen LogP contribution in [0, 0.1) is 6.92 Å². The van der Waals surface area contributed by atoms with Crippen molar-refractivity contribution in [1.29, 1.82) is 0 Å². The number of ether oxygens (including phenoxy) is 1. The van der Waals surface area contributed by atoms with E-state index < -0.39 is 0 Å². The highest BCUT2D eigenvalue weighted by Gasteiger charge is 2.36. The Hall–Kier alpha value is -1.40. The van der Waals surface area contributed by atoms with Gasteiger partial charge in [0.25, 0.3) is 0 Å². The predicted molar refractivity (Wildman–Crippen MR) is 83.5 cm³/mol. The molecule has 1 aliphatic heterocycles. The predicted octanol–water partition coefficient (Wildman–Crippen LogP) is 0.951. The van der Waals surface area contributed by atoms with Crippen molar-refractivity contribution in [3.8, 4) is 0 Å². The fourth-order valence-electron chi connectivity index (χ4n) is 3.49. The Bertz CT molecular complexity index is 500. The largest absolute Gasteiger partial charge is 0.374 e. The van der Waals surface area contributed by atoms with E-state index >= 15 is 0 Å². The molecule has 122 valence electrons. The molecule has 6 heteroatoms. The van der Waals surface area contributed by atoms with E-state index in [4.69, 9.17) is 4.74 Å². The van der Waals surface area contributed by atoms with Gasteiger partial charge < -0.3 is 15.0 Å². The molecule has 1 saturated carbocycles. The first kappa shape index (κ1) is 15.5. The van der Waals surface area contributed by atoms with Crippen molar-refractivity contribution < 1.29 is 9.53 Å². The first-order valence-electron chi connectivity index (χ1n) is 8.35. The average Bonchev–Trinajstić information content (AvgIpc) is 2.96. The van der Waals surface area contributed by atoms with Crippen molar-refractivity contribution in [2.45, 2.75) is 51.3 Å². The Labute approximate surface area is 131 Å². The first-order valence-corrected chi connectivity index (χ1v) is 8.35. The summed E-state index contributed by atoms with van der Waals surface area (Å²) in [4.78, 5) is 14.5. The van der Waals surface area contributed by atoms with Crippen LogP contribution in [0.15, 0.2) is 12.4 Å². The molecule has 2 atom stereocenters. The fraction of sp³-hybridized carbons (Fsp3) is 0.750. The quantitative estimate of drug-likeness (QED) is 0.823. The minimum atomic E-state index is 0.205. The number of rotatable bonds is 5. The Morgan fingerprint density at radius 2 is 2.32 bits per heavy atom. The second-order valence-corrected chi connectivity index (χ2v) is 6.31. The zero-order chi connectivity index (χ0) is 15.4. The van der Waals surface area contributed by atoms with Gasteiger partial charge in [-0.25, -0.2) is 0 Å². The molecule has 0 unspecified atom stereocenters. The number of nitrogens with one attached hydrogen (secondary N) is 1. The molecular formula is C16H26N4O2. The highest BCUT2D eigenvalue weighted by molar-refractivity contribution is 5.78. The Morgan fingerprint density at radius 3 is 3.14 bits per heavy atom. The van der Waals surface area contributed by atoms with E-state index in [0.29, 0.717) is 19.2 Å². The smallest absolute Gasteiger partial charge is 0.236 e. The zero-order valence-electron chi connectivity index (χ0n) is 13.3. The maximum absolute atomic E-state index is 12.5. The molecule has 0 bridgehead atoms. The molecule has 22 heavy (non-hydrogen) atoms. The van der Waals surface area contributed by atoms with E-state index in [1.54, 1.807) is 0 Å². The lowest BCUT2D eigenvalue weighted by atomic mass is 9.90. The van der Waals surface area contributed by atoms with Gasteiger partial charge in [-0.15, -0.1) is 0 Å². The third-order valence-corrected chi connectivity index (χ3v) is 4.61. The van der Waals surface area contributed by atoms with E-state index in [9.17, 15) is 4.79 Å². The fourth-order valence-corrected chi connectivity index (χ4v) is 3.49. The number of morpholine rings is 1. The Balaban J connectivity index is 1.43. The van der Waals surface area contributed by atoms with Crippen LogP contribution in [-0.2, 0) is 16.1 Å². The van der Waals surface area contributed by atoms with E-state index in [1.165, 1.54) is 12.8 Å². The molecule has 0 spiro atoms. The van der Waals surface area contributed by atoms with Crippen molar-refractivity contribution in [1.82, 2.24) is 20.0 Å². The molecule has 1 aromatic rings. The van der Waals surface area contributed by atoms with Crippen LogP contribution in [0.5, 0.6) is 0 Å². The molecule has 6 nitrogen and oxygen atoms in total. The molecule has 0 radical (unpaired) electrons. The summed E-state index contributed by atoms with van der Waals surface area (Å²) in [5.41, 5.74) is 1.16. The normalized spacial score (nSPS) is 25.0. The second kappa shape index (κ2) is 7.24.